The molecule has 0 spiro atoms. The van der Waals surface area contributed by atoms with Crippen molar-refractivity contribution in [1.29, 1.82) is 0 Å². The lowest BCUT2D eigenvalue weighted by Crippen LogP contribution is -2.46. The summed E-state index contributed by atoms with van der Waals surface area (Å²) in [6.45, 7) is 3.29. The van der Waals surface area contributed by atoms with Gasteiger partial charge in [0.2, 0.25) is 0 Å². The first kappa shape index (κ1) is 20.9. The molecule has 0 bridgehead atoms. The molecule has 0 saturated heterocycles. The molecule has 1 heterocycles. The third-order valence-electron chi connectivity index (χ3n) is 4.72. The molecule has 0 saturated carbocycles. The van der Waals surface area contributed by atoms with Crippen LogP contribution in [0.5, 0.6) is 0 Å². The van der Waals surface area contributed by atoms with Crippen LogP contribution in [0.1, 0.15) is 12.0 Å². The molecule has 0 radical (unpaired) electrons. The number of hydrogen-bond donors (Lipinski definition) is 2. The average molecular weight is 415 g/mol. The maximum Gasteiger partial charge on any atom is 0.264 e. The van der Waals surface area contributed by atoms with Crippen molar-refractivity contribution in [1.82, 2.24) is 15.8 Å². The van der Waals surface area contributed by atoms with E-state index >= 15 is 0 Å². The highest BCUT2D eigenvalue weighted by atomic mass is 32.2. The predicted octanol–water partition coefficient (Wildman–Crippen LogP) is 2.03. The van der Waals surface area contributed by atoms with Crippen molar-refractivity contribution >= 4 is 21.6 Å². The molecule has 7 nitrogen and oxygen atoms in total. The van der Waals surface area contributed by atoms with Gasteiger partial charge in [-0.15, -0.1) is 0 Å². The Morgan fingerprint density at radius 3 is 2.41 bits per heavy atom. The van der Waals surface area contributed by atoms with Crippen LogP contribution in [0.3, 0.4) is 0 Å². The molecule has 0 fully saturated rings. The maximum atomic E-state index is 13.2. The molecule has 0 atom stereocenters. The summed E-state index contributed by atoms with van der Waals surface area (Å²) in [7, 11) is -1.86. The van der Waals surface area contributed by atoms with Gasteiger partial charge in [-0.3, -0.25) is 14.5 Å². The zero-order valence-electron chi connectivity index (χ0n) is 16.6. The van der Waals surface area contributed by atoms with E-state index < -0.39 is 15.9 Å². The number of nitrogens with one attached hydrogen (secondary N) is 2. The molecule has 1 amide bonds. The number of rotatable bonds is 7. The Balaban J connectivity index is 1.78. The minimum atomic E-state index is -3.89. The molecule has 29 heavy (non-hydrogen) atoms. The number of sulfonamides is 1. The third-order valence-corrected chi connectivity index (χ3v) is 6.50. The van der Waals surface area contributed by atoms with Crippen molar-refractivity contribution in [2.24, 2.45) is 0 Å². The van der Waals surface area contributed by atoms with Gasteiger partial charge in [-0.1, -0.05) is 35.9 Å². The van der Waals surface area contributed by atoms with E-state index in [9.17, 15) is 13.2 Å². The molecule has 1 aliphatic rings. The quantitative estimate of drug-likeness (QED) is 0.678. The van der Waals surface area contributed by atoms with Crippen molar-refractivity contribution in [3.63, 3.8) is 0 Å². The highest BCUT2D eigenvalue weighted by molar-refractivity contribution is 7.92. The van der Waals surface area contributed by atoms with E-state index in [-0.39, 0.29) is 11.4 Å². The van der Waals surface area contributed by atoms with E-state index in [2.05, 4.69) is 15.8 Å². The second-order valence-electron chi connectivity index (χ2n) is 7.08. The molecule has 8 heteroatoms. The lowest BCUT2D eigenvalue weighted by Gasteiger charge is -2.25. The summed E-state index contributed by atoms with van der Waals surface area (Å²) in [5.74, 6) is -0.440. The zero-order valence-corrected chi connectivity index (χ0v) is 17.4. The second-order valence-corrected chi connectivity index (χ2v) is 8.94. The number of likely N-dealkylation sites (N-methyl/N-ethyl adjacent to an activating group) is 1. The zero-order chi connectivity index (χ0) is 20.9. The van der Waals surface area contributed by atoms with E-state index in [0.717, 1.165) is 35.1 Å². The topological polar surface area (TPSA) is 81.8 Å². The van der Waals surface area contributed by atoms with Gasteiger partial charge in [0.1, 0.15) is 6.54 Å². The summed E-state index contributed by atoms with van der Waals surface area (Å²) in [5.41, 5.74) is 7.90. The molecule has 0 aromatic heterocycles. The number of carbonyl (C=O) groups excluding carboxylic acids is 1. The van der Waals surface area contributed by atoms with Crippen LogP contribution >= 0.6 is 0 Å². The number of anilines is 1. The van der Waals surface area contributed by atoms with Gasteiger partial charge in [-0.2, -0.15) is 0 Å². The molecular formula is C21H26N4O3S. The number of hydrogen-bond acceptors (Lipinski definition) is 5. The van der Waals surface area contributed by atoms with Gasteiger partial charge >= 0.3 is 0 Å². The standard InChI is InChI=1S/C21H26N4O3S/c1-17-8-10-19(11-9-17)25(29(27,28)20-6-4-3-5-7-20)16-21(26)23-22-18-12-14-24(2)15-13-18/h3-12,22H,13-16H2,1-2H3,(H,23,26). The van der Waals surface area contributed by atoms with Gasteiger partial charge in [-0.05, 0) is 44.3 Å². The predicted molar refractivity (Wildman–Crippen MR) is 114 cm³/mol. The maximum absolute atomic E-state index is 13.2. The first-order chi connectivity index (χ1) is 13.9. The highest BCUT2D eigenvalue weighted by Crippen LogP contribution is 2.23. The lowest BCUT2D eigenvalue weighted by atomic mass is 10.2. The van der Waals surface area contributed by atoms with Gasteiger partial charge in [0.05, 0.1) is 10.6 Å². The molecule has 0 aliphatic carbocycles. The van der Waals surface area contributed by atoms with Gasteiger partial charge < -0.3 is 10.3 Å². The number of aryl methyl sites for hydroxylation is 1. The Hall–Kier alpha value is -2.84. The highest BCUT2D eigenvalue weighted by Gasteiger charge is 2.27. The van der Waals surface area contributed by atoms with Crippen molar-refractivity contribution < 1.29 is 13.2 Å². The summed E-state index contributed by atoms with van der Waals surface area (Å²) in [5, 5.41) is 0. The SMILES string of the molecule is Cc1ccc(N(CC(=O)NNC2=CCN(C)CC2)S(=O)(=O)c2ccccc2)cc1. The summed E-state index contributed by atoms with van der Waals surface area (Å²) < 4.78 is 27.5. The summed E-state index contributed by atoms with van der Waals surface area (Å²) in [6.07, 6.45) is 2.79. The van der Waals surface area contributed by atoms with E-state index in [4.69, 9.17) is 0 Å². The van der Waals surface area contributed by atoms with E-state index in [1.54, 1.807) is 30.3 Å². The molecule has 3 rings (SSSR count). The molecule has 154 valence electrons. The molecule has 1 aliphatic heterocycles. The molecule has 0 unspecified atom stereocenters. The van der Waals surface area contributed by atoms with Gasteiger partial charge in [0.15, 0.2) is 0 Å². The third kappa shape index (κ3) is 5.36. The van der Waals surface area contributed by atoms with Crippen LogP contribution in [0.2, 0.25) is 0 Å². The number of benzene rings is 2. The normalized spacial score (nSPS) is 14.8. The molecule has 2 N–H and O–H groups in total. The average Bonchev–Trinajstić information content (AvgIpc) is 2.73. The number of nitrogens with zero attached hydrogens (tertiary/aromatic N) is 2. The molecule has 2 aromatic carbocycles. The van der Waals surface area contributed by atoms with Crippen molar-refractivity contribution in [2.75, 3.05) is 31.0 Å². The van der Waals surface area contributed by atoms with Crippen LogP contribution in [0.4, 0.5) is 5.69 Å². The number of amides is 1. The Kier molecular flexibility index (Phi) is 6.56. The van der Waals surface area contributed by atoms with Crippen LogP contribution in [-0.4, -0.2) is 45.9 Å². The summed E-state index contributed by atoms with van der Waals surface area (Å²) in [4.78, 5) is 14.9. The van der Waals surface area contributed by atoms with Gasteiger partial charge in [0, 0.05) is 25.2 Å². The fourth-order valence-electron chi connectivity index (χ4n) is 2.95. The second kappa shape index (κ2) is 9.11. The Labute approximate surface area is 172 Å². The number of carbonyl (C=O) groups is 1. The van der Waals surface area contributed by atoms with Crippen LogP contribution in [0.15, 0.2) is 71.3 Å². The molecule has 2 aromatic rings. The summed E-state index contributed by atoms with van der Waals surface area (Å²) >= 11 is 0. The minimum Gasteiger partial charge on any atom is -0.303 e. The largest absolute Gasteiger partial charge is 0.303 e. The fraction of sp³-hybridized carbons (Fsp3) is 0.286. The van der Waals surface area contributed by atoms with Crippen LogP contribution in [-0.2, 0) is 14.8 Å². The van der Waals surface area contributed by atoms with Crippen LogP contribution < -0.4 is 15.2 Å². The van der Waals surface area contributed by atoms with Crippen molar-refractivity contribution in [2.45, 2.75) is 18.2 Å². The Bertz CT molecular complexity index is 973. The lowest BCUT2D eigenvalue weighted by molar-refractivity contribution is -0.120. The first-order valence-corrected chi connectivity index (χ1v) is 10.9. The minimum absolute atomic E-state index is 0.138. The summed E-state index contributed by atoms with van der Waals surface area (Å²) in [6, 6.07) is 15.2. The van der Waals surface area contributed by atoms with Crippen molar-refractivity contribution in [3.05, 3.63) is 71.9 Å². The van der Waals surface area contributed by atoms with Gasteiger partial charge in [0.25, 0.3) is 15.9 Å². The number of hydrazine groups is 1. The van der Waals surface area contributed by atoms with E-state index in [0.29, 0.717) is 5.69 Å². The van der Waals surface area contributed by atoms with E-state index in [1.807, 2.05) is 32.2 Å². The monoisotopic (exact) mass is 414 g/mol. The van der Waals surface area contributed by atoms with Crippen LogP contribution in [0.25, 0.3) is 0 Å². The Morgan fingerprint density at radius 2 is 1.79 bits per heavy atom. The fourth-order valence-corrected chi connectivity index (χ4v) is 4.39. The first-order valence-electron chi connectivity index (χ1n) is 9.43. The van der Waals surface area contributed by atoms with Crippen molar-refractivity contribution in [3.8, 4) is 0 Å². The van der Waals surface area contributed by atoms with E-state index in [1.165, 1.54) is 12.1 Å². The smallest absolute Gasteiger partial charge is 0.264 e. The van der Waals surface area contributed by atoms with Crippen LogP contribution in [0, 0.1) is 6.92 Å². The molecular weight excluding hydrogens is 388 g/mol. The Morgan fingerprint density at radius 1 is 1.10 bits per heavy atom. The van der Waals surface area contributed by atoms with Gasteiger partial charge in [-0.25, -0.2) is 8.42 Å².